The molecular weight excluding hydrogens is 502 g/mol. The Kier molecular flexibility index (Phi) is 8.42. The number of ether oxygens (including phenoxy) is 3. The normalized spacial score (nSPS) is 17.5. The van der Waals surface area contributed by atoms with Gasteiger partial charge in [0, 0.05) is 31.5 Å². The zero-order valence-electron chi connectivity index (χ0n) is 22.6. The smallest absolute Gasteiger partial charge is 0.410 e. The van der Waals surface area contributed by atoms with E-state index in [1.807, 2.05) is 30.3 Å². The van der Waals surface area contributed by atoms with Crippen molar-refractivity contribution in [3.63, 3.8) is 0 Å². The van der Waals surface area contributed by atoms with Gasteiger partial charge in [-0.15, -0.1) is 0 Å². The van der Waals surface area contributed by atoms with Crippen molar-refractivity contribution in [2.45, 2.75) is 70.9 Å². The molecule has 2 N–H and O–H groups in total. The van der Waals surface area contributed by atoms with E-state index in [1.165, 1.54) is 4.90 Å². The second kappa shape index (κ2) is 11.8. The average Bonchev–Trinajstić information content (AvgIpc) is 3.46. The van der Waals surface area contributed by atoms with Gasteiger partial charge < -0.3 is 29.7 Å². The van der Waals surface area contributed by atoms with Gasteiger partial charge in [0.05, 0.1) is 6.54 Å². The van der Waals surface area contributed by atoms with Crippen molar-refractivity contribution in [1.29, 1.82) is 0 Å². The van der Waals surface area contributed by atoms with Crippen molar-refractivity contribution in [2.75, 3.05) is 13.1 Å². The Balaban J connectivity index is 1.32. The van der Waals surface area contributed by atoms with E-state index in [0.717, 1.165) is 5.56 Å². The van der Waals surface area contributed by atoms with E-state index in [-0.39, 0.29) is 44.1 Å². The molecule has 10 heteroatoms. The maximum atomic E-state index is 13.1. The predicted octanol–water partition coefficient (Wildman–Crippen LogP) is 3.41. The number of hydrogen-bond donors (Lipinski definition) is 1. The maximum absolute atomic E-state index is 13.1. The number of rotatable bonds is 9. The Bertz CT molecular complexity index is 1230. The lowest BCUT2D eigenvalue weighted by atomic mass is 10.1. The van der Waals surface area contributed by atoms with Crippen LogP contribution in [0.5, 0.6) is 5.75 Å². The quantitative estimate of drug-likeness (QED) is 0.486. The summed E-state index contributed by atoms with van der Waals surface area (Å²) >= 11 is 0. The van der Waals surface area contributed by atoms with Gasteiger partial charge in [-0.25, -0.2) is 4.79 Å². The molecule has 1 fully saturated rings. The third-order valence-electron chi connectivity index (χ3n) is 6.57. The van der Waals surface area contributed by atoms with Crippen LogP contribution in [-0.4, -0.2) is 64.5 Å². The van der Waals surface area contributed by atoms with E-state index < -0.39 is 23.5 Å². The number of esters is 1. The highest BCUT2D eigenvalue weighted by molar-refractivity contribution is 6.01. The minimum atomic E-state index is -0.938. The zero-order valence-corrected chi connectivity index (χ0v) is 22.6. The first-order valence-electron chi connectivity index (χ1n) is 13.1. The molecule has 0 aliphatic carbocycles. The molecule has 208 valence electrons. The van der Waals surface area contributed by atoms with Gasteiger partial charge in [0.1, 0.15) is 30.1 Å². The van der Waals surface area contributed by atoms with Crippen LogP contribution < -0.4 is 10.5 Å². The third-order valence-corrected chi connectivity index (χ3v) is 6.57. The molecule has 1 saturated heterocycles. The van der Waals surface area contributed by atoms with Crippen molar-refractivity contribution in [1.82, 2.24) is 9.80 Å². The minimum Gasteiger partial charge on any atom is -0.489 e. The van der Waals surface area contributed by atoms with E-state index >= 15 is 0 Å². The van der Waals surface area contributed by atoms with Crippen molar-refractivity contribution >= 4 is 23.9 Å². The summed E-state index contributed by atoms with van der Waals surface area (Å²) in [5.74, 6) is -0.889. The highest BCUT2D eigenvalue weighted by Crippen LogP contribution is 2.30. The van der Waals surface area contributed by atoms with Gasteiger partial charge in [-0.1, -0.05) is 30.3 Å². The fraction of sp³-hybridized carbons (Fsp3) is 0.448. The standard InChI is InChI=1S/C29H35N3O7/c1-29(2,3)39-25(33)12-11-24(26(30)34)32-16-20-15-21(9-10-23(20)27(32)35)38-22-13-14-31(17-22)28(36)37-18-19-7-5-4-6-8-19/h4-10,15,22,24H,11-14,16-18H2,1-3H3,(H2,30,34)/t22-,24-/m0/s1. The molecule has 0 radical (unpaired) electrons. The molecular formula is C29H35N3O7. The number of likely N-dealkylation sites (tertiary alicyclic amines) is 1. The van der Waals surface area contributed by atoms with E-state index in [1.54, 1.807) is 43.9 Å². The van der Waals surface area contributed by atoms with E-state index in [2.05, 4.69) is 0 Å². The first-order chi connectivity index (χ1) is 18.5. The molecule has 0 saturated carbocycles. The summed E-state index contributed by atoms with van der Waals surface area (Å²) in [6.45, 7) is 6.58. The summed E-state index contributed by atoms with van der Waals surface area (Å²) in [5, 5.41) is 0. The monoisotopic (exact) mass is 537 g/mol. The molecule has 2 atom stereocenters. The SMILES string of the molecule is CC(C)(C)OC(=O)CC[C@@H](C(N)=O)N1Cc2cc(O[C@H]3CCN(C(=O)OCc4ccccc4)C3)ccc2C1=O. The second-order valence-electron chi connectivity index (χ2n) is 10.8. The highest BCUT2D eigenvalue weighted by atomic mass is 16.6. The van der Waals surface area contributed by atoms with Crippen LogP contribution in [0.2, 0.25) is 0 Å². The Morgan fingerprint density at radius 1 is 1.10 bits per heavy atom. The first kappa shape index (κ1) is 27.9. The summed E-state index contributed by atoms with van der Waals surface area (Å²) < 4.78 is 16.8. The van der Waals surface area contributed by atoms with Gasteiger partial charge in [-0.2, -0.15) is 0 Å². The van der Waals surface area contributed by atoms with Gasteiger partial charge in [0.25, 0.3) is 5.91 Å². The van der Waals surface area contributed by atoms with Crippen LogP contribution in [0.25, 0.3) is 0 Å². The van der Waals surface area contributed by atoms with Crippen LogP contribution in [0.4, 0.5) is 4.79 Å². The number of nitrogens with zero attached hydrogens (tertiary/aromatic N) is 2. The molecule has 0 spiro atoms. The number of carbonyl (C=O) groups is 4. The number of carbonyl (C=O) groups excluding carboxylic acids is 4. The Hall–Kier alpha value is -4.08. The Labute approximate surface area is 228 Å². The summed E-state index contributed by atoms with van der Waals surface area (Å²) in [5.41, 5.74) is 7.05. The molecule has 10 nitrogen and oxygen atoms in total. The number of hydrogen-bond acceptors (Lipinski definition) is 7. The van der Waals surface area contributed by atoms with Crippen LogP contribution in [0.15, 0.2) is 48.5 Å². The molecule has 2 heterocycles. The highest BCUT2D eigenvalue weighted by Gasteiger charge is 2.36. The number of fused-ring (bicyclic) bond motifs is 1. The fourth-order valence-electron chi connectivity index (χ4n) is 4.74. The molecule has 39 heavy (non-hydrogen) atoms. The van der Waals surface area contributed by atoms with Crippen LogP contribution in [0.1, 0.15) is 61.5 Å². The topological polar surface area (TPSA) is 128 Å². The fourth-order valence-corrected chi connectivity index (χ4v) is 4.74. The molecule has 0 unspecified atom stereocenters. The first-order valence-corrected chi connectivity index (χ1v) is 13.1. The van der Waals surface area contributed by atoms with Gasteiger partial charge in [0.15, 0.2) is 0 Å². The molecule has 4 rings (SSSR count). The van der Waals surface area contributed by atoms with E-state index in [9.17, 15) is 19.2 Å². The number of nitrogens with two attached hydrogens (primary N) is 1. The molecule has 2 aromatic carbocycles. The van der Waals surface area contributed by atoms with Crippen molar-refractivity contribution in [3.05, 3.63) is 65.2 Å². The van der Waals surface area contributed by atoms with Crippen LogP contribution >= 0.6 is 0 Å². The van der Waals surface area contributed by atoms with Crippen molar-refractivity contribution in [2.24, 2.45) is 5.73 Å². The lowest BCUT2D eigenvalue weighted by Gasteiger charge is -2.25. The average molecular weight is 538 g/mol. The minimum absolute atomic E-state index is 0.0364. The predicted molar refractivity (Wildman–Crippen MR) is 142 cm³/mol. The summed E-state index contributed by atoms with van der Waals surface area (Å²) in [6, 6.07) is 13.7. The molecule has 0 bridgehead atoms. The summed E-state index contributed by atoms with van der Waals surface area (Å²) in [7, 11) is 0. The summed E-state index contributed by atoms with van der Waals surface area (Å²) in [6.07, 6.45) is 0.0882. The van der Waals surface area contributed by atoms with E-state index in [0.29, 0.717) is 36.4 Å². The Morgan fingerprint density at radius 2 is 1.85 bits per heavy atom. The molecule has 2 aliphatic heterocycles. The molecule has 3 amide bonds. The maximum Gasteiger partial charge on any atom is 0.410 e. The largest absolute Gasteiger partial charge is 0.489 e. The second-order valence-corrected chi connectivity index (χ2v) is 10.8. The van der Waals surface area contributed by atoms with E-state index in [4.69, 9.17) is 19.9 Å². The van der Waals surface area contributed by atoms with Gasteiger partial charge in [-0.3, -0.25) is 14.4 Å². The number of primary amides is 1. The van der Waals surface area contributed by atoms with Gasteiger partial charge in [0.2, 0.25) is 5.91 Å². The van der Waals surface area contributed by atoms with Crippen LogP contribution in [-0.2, 0) is 32.2 Å². The molecule has 2 aliphatic rings. The molecule has 2 aromatic rings. The third kappa shape index (κ3) is 7.28. The molecule has 0 aromatic heterocycles. The van der Waals surface area contributed by atoms with Crippen molar-refractivity contribution in [3.8, 4) is 5.75 Å². The lowest BCUT2D eigenvalue weighted by Crippen LogP contribution is -2.45. The zero-order chi connectivity index (χ0) is 28.2. The van der Waals surface area contributed by atoms with Gasteiger partial charge >= 0.3 is 12.1 Å². The summed E-state index contributed by atoms with van der Waals surface area (Å²) in [4.78, 5) is 52.9. The van der Waals surface area contributed by atoms with Gasteiger partial charge in [-0.05, 0) is 56.5 Å². The lowest BCUT2D eigenvalue weighted by molar-refractivity contribution is -0.155. The van der Waals surface area contributed by atoms with Crippen molar-refractivity contribution < 1.29 is 33.4 Å². The Morgan fingerprint density at radius 3 is 2.54 bits per heavy atom. The number of benzene rings is 2. The van der Waals surface area contributed by atoms with Crippen LogP contribution in [0, 0.1) is 0 Å². The van der Waals surface area contributed by atoms with Crippen LogP contribution in [0.3, 0.4) is 0 Å². The number of amides is 3.